The normalized spacial score (nSPS) is 11.7. The minimum atomic E-state index is -1.26. The molecule has 2 rings (SSSR count). The maximum Gasteiger partial charge on any atom is 0.328 e. The number of ether oxygens (including phenoxy) is 1. The fourth-order valence-electron chi connectivity index (χ4n) is 2.09. The number of carbonyl (C=O) groups is 2. The second-order valence-electron chi connectivity index (χ2n) is 6.63. The smallest absolute Gasteiger partial charge is 0.328 e. The highest BCUT2D eigenvalue weighted by Crippen LogP contribution is 2.21. The minimum Gasteiger partial charge on any atom is -0.491 e. The first-order valence-corrected chi connectivity index (χ1v) is 10.6. The molecule has 10 heteroatoms. The Morgan fingerprint density at radius 2 is 1.84 bits per heavy atom. The Balaban J connectivity index is 0.000000512. The van der Waals surface area contributed by atoms with Gasteiger partial charge >= 0.3 is 11.9 Å². The van der Waals surface area contributed by atoms with Gasteiger partial charge in [0.15, 0.2) is 0 Å². The number of hydrogen-bond acceptors (Lipinski definition) is 7. The van der Waals surface area contributed by atoms with E-state index < -0.39 is 18.0 Å². The van der Waals surface area contributed by atoms with Crippen LogP contribution in [0.5, 0.6) is 5.75 Å². The molecular formula is C21H29N3O6S. The summed E-state index contributed by atoms with van der Waals surface area (Å²) in [7, 11) is 0. The molecular weight excluding hydrogens is 422 g/mol. The topological polar surface area (TPSA) is 134 Å². The zero-order chi connectivity index (χ0) is 23.1. The molecule has 4 N–H and O–H groups in total. The first-order chi connectivity index (χ1) is 14.8. The number of rotatable bonds is 12. The Kier molecular flexibility index (Phi) is 12.7. The molecule has 0 saturated heterocycles. The molecule has 2 aromatic rings. The molecule has 0 radical (unpaired) electrons. The van der Waals surface area contributed by atoms with Crippen molar-refractivity contribution in [1.29, 1.82) is 0 Å². The van der Waals surface area contributed by atoms with Crippen molar-refractivity contribution in [3.63, 3.8) is 0 Å². The van der Waals surface area contributed by atoms with Gasteiger partial charge in [0.2, 0.25) is 0 Å². The highest BCUT2D eigenvalue weighted by atomic mass is 32.2. The fraction of sp³-hybridized carbons (Fsp3) is 0.381. The zero-order valence-corrected chi connectivity index (χ0v) is 18.4. The number of benzene rings is 1. The van der Waals surface area contributed by atoms with E-state index in [1.54, 1.807) is 18.0 Å². The first kappa shape index (κ1) is 26.2. The van der Waals surface area contributed by atoms with Crippen molar-refractivity contribution < 1.29 is 29.6 Å². The van der Waals surface area contributed by atoms with Crippen molar-refractivity contribution in [1.82, 2.24) is 15.1 Å². The van der Waals surface area contributed by atoms with E-state index in [9.17, 15) is 14.7 Å². The van der Waals surface area contributed by atoms with E-state index in [1.807, 2.05) is 41.2 Å². The predicted molar refractivity (Wildman–Crippen MR) is 118 cm³/mol. The van der Waals surface area contributed by atoms with Gasteiger partial charge in [-0.2, -0.15) is 5.10 Å². The van der Waals surface area contributed by atoms with Crippen molar-refractivity contribution >= 4 is 23.7 Å². The molecule has 1 aromatic carbocycles. The molecule has 1 atom stereocenters. The molecule has 0 aliphatic heterocycles. The molecule has 31 heavy (non-hydrogen) atoms. The number of carboxylic acids is 2. The van der Waals surface area contributed by atoms with Gasteiger partial charge in [-0.25, -0.2) is 9.59 Å². The van der Waals surface area contributed by atoms with Crippen molar-refractivity contribution in [2.24, 2.45) is 0 Å². The lowest BCUT2D eigenvalue weighted by Gasteiger charge is -2.15. The summed E-state index contributed by atoms with van der Waals surface area (Å²) in [5.41, 5.74) is 0. The molecule has 1 aromatic heterocycles. The van der Waals surface area contributed by atoms with Crippen molar-refractivity contribution in [3.8, 4) is 5.75 Å². The molecule has 0 aliphatic rings. The summed E-state index contributed by atoms with van der Waals surface area (Å²) in [6.07, 6.45) is 4.38. The lowest BCUT2D eigenvalue weighted by Crippen LogP contribution is -2.35. The maximum atomic E-state index is 9.82. The Labute approximate surface area is 185 Å². The van der Waals surface area contributed by atoms with E-state index >= 15 is 0 Å². The molecule has 9 nitrogen and oxygen atoms in total. The number of aliphatic carboxylic acids is 2. The molecule has 0 amide bonds. The summed E-state index contributed by atoms with van der Waals surface area (Å²) >= 11 is 1.79. The van der Waals surface area contributed by atoms with Gasteiger partial charge in [-0.1, -0.05) is 13.8 Å². The SMILES string of the molecule is CC(C)NCC(O)COc1ccc(SCCn2cccn2)cc1.O=C(O)C=CC(=O)O. The summed E-state index contributed by atoms with van der Waals surface area (Å²) in [5, 5.41) is 32.8. The largest absolute Gasteiger partial charge is 0.491 e. The zero-order valence-electron chi connectivity index (χ0n) is 17.5. The van der Waals surface area contributed by atoms with Crippen LogP contribution in [0.25, 0.3) is 0 Å². The third-order valence-electron chi connectivity index (χ3n) is 3.54. The van der Waals surface area contributed by atoms with Crippen LogP contribution in [0.15, 0.2) is 59.8 Å². The second-order valence-corrected chi connectivity index (χ2v) is 7.79. The van der Waals surface area contributed by atoms with Crippen molar-refractivity contribution in [2.75, 3.05) is 18.9 Å². The quantitative estimate of drug-likeness (QED) is 0.283. The molecule has 0 aliphatic carbocycles. The standard InChI is InChI=1S/C17H25N3O2S.C4H4O4/c1-14(2)18-12-15(21)13-22-16-4-6-17(7-5-16)23-11-10-20-9-3-8-19-20;5-3(6)1-2-4(7)8/h3-9,14-15,18,21H,10-13H2,1-2H3;1-2H,(H,5,6)(H,7,8). The van der Waals surface area contributed by atoms with E-state index in [1.165, 1.54) is 4.90 Å². The molecule has 170 valence electrons. The molecule has 1 unspecified atom stereocenters. The number of aliphatic hydroxyl groups is 1. The minimum absolute atomic E-state index is 0.297. The summed E-state index contributed by atoms with van der Waals surface area (Å²) < 4.78 is 7.53. The van der Waals surface area contributed by atoms with Crippen LogP contribution in [-0.4, -0.2) is 68.1 Å². The molecule has 0 saturated carbocycles. The van der Waals surface area contributed by atoms with E-state index in [0.29, 0.717) is 31.3 Å². The van der Waals surface area contributed by atoms with Crippen molar-refractivity contribution in [2.45, 2.75) is 37.4 Å². The van der Waals surface area contributed by atoms with Crippen LogP contribution in [0.4, 0.5) is 0 Å². The highest BCUT2D eigenvalue weighted by Gasteiger charge is 2.06. The van der Waals surface area contributed by atoms with Gasteiger partial charge in [0.25, 0.3) is 0 Å². The van der Waals surface area contributed by atoms with Crippen LogP contribution in [-0.2, 0) is 16.1 Å². The van der Waals surface area contributed by atoms with E-state index in [2.05, 4.69) is 24.3 Å². The number of nitrogens with one attached hydrogen (secondary N) is 1. The summed E-state index contributed by atoms with van der Waals surface area (Å²) in [6.45, 7) is 5.84. The second kappa shape index (κ2) is 15.1. The van der Waals surface area contributed by atoms with Crippen molar-refractivity contribution in [3.05, 3.63) is 54.9 Å². The third kappa shape index (κ3) is 13.9. The first-order valence-electron chi connectivity index (χ1n) is 9.64. The lowest BCUT2D eigenvalue weighted by molar-refractivity contribution is -0.134. The summed E-state index contributed by atoms with van der Waals surface area (Å²) in [6, 6.07) is 10.3. The van der Waals surface area contributed by atoms with E-state index in [0.717, 1.165) is 18.0 Å². The maximum absolute atomic E-state index is 9.82. The van der Waals surface area contributed by atoms with Gasteiger partial charge in [-0.05, 0) is 30.3 Å². The predicted octanol–water partition coefficient (Wildman–Crippen LogP) is 2.12. The molecule has 1 heterocycles. The third-order valence-corrected chi connectivity index (χ3v) is 4.54. The monoisotopic (exact) mass is 451 g/mol. The number of aromatic nitrogens is 2. The number of thioether (sulfide) groups is 1. The average molecular weight is 452 g/mol. The van der Waals surface area contributed by atoms with Crippen LogP contribution in [0.1, 0.15) is 13.8 Å². The average Bonchev–Trinajstić information content (AvgIpc) is 3.24. The summed E-state index contributed by atoms with van der Waals surface area (Å²) in [4.78, 5) is 20.3. The summed E-state index contributed by atoms with van der Waals surface area (Å²) in [5.74, 6) is -0.758. The Hall–Kier alpha value is -2.82. The highest BCUT2D eigenvalue weighted by molar-refractivity contribution is 7.99. The number of aryl methyl sites for hydroxylation is 1. The Bertz CT molecular complexity index is 778. The fourth-order valence-corrected chi connectivity index (χ4v) is 2.93. The Morgan fingerprint density at radius 3 is 2.35 bits per heavy atom. The Morgan fingerprint density at radius 1 is 1.19 bits per heavy atom. The van der Waals surface area contributed by atoms with Gasteiger partial charge in [0.05, 0.1) is 6.54 Å². The van der Waals surface area contributed by atoms with Crippen LogP contribution in [0.3, 0.4) is 0 Å². The van der Waals surface area contributed by atoms with Crippen LogP contribution in [0.2, 0.25) is 0 Å². The lowest BCUT2D eigenvalue weighted by atomic mass is 10.3. The van der Waals surface area contributed by atoms with Crippen LogP contribution in [0, 0.1) is 0 Å². The molecule has 0 spiro atoms. The van der Waals surface area contributed by atoms with Gasteiger partial charge < -0.3 is 25.4 Å². The van der Waals surface area contributed by atoms with Gasteiger partial charge in [-0.15, -0.1) is 11.8 Å². The number of aliphatic hydroxyl groups excluding tert-OH is 1. The van der Waals surface area contributed by atoms with Gasteiger partial charge in [-0.3, -0.25) is 4.68 Å². The van der Waals surface area contributed by atoms with Crippen LogP contribution >= 0.6 is 11.8 Å². The molecule has 0 fully saturated rings. The van der Waals surface area contributed by atoms with Gasteiger partial charge in [0, 0.05) is 47.8 Å². The van der Waals surface area contributed by atoms with E-state index in [4.69, 9.17) is 14.9 Å². The number of hydrogen-bond donors (Lipinski definition) is 4. The van der Waals surface area contributed by atoms with Crippen LogP contribution < -0.4 is 10.1 Å². The number of carboxylic acid groups (broad SMARTS) is 2. The molecule has 0 bridgehead atoms. The van der Waals surface area contributed by atoms with E-state index in [-0.39, 0.29) is 0 Å². The number of nitrogens with zero attached hydrogens (tertiary/aromatic N) is 2. The van der Waals surface area contributed by atoms with Gasteiger partial charge in [0.1, 0.15) is 18.5 Å².